The van der Waals surface area contributed by atoms with Gasteiger partial charge in [0.25, 0.3) is 0 Å². The molecule has 1 heterocycles. The van der Waals surface area contributed by atoms with Gasteiger partial charge in [0, 0.05) is 31.0 Å². The molecule has 43 heavy (non-hydrogen) atoms. The molecule has 3 nitrogen and oxygen atoms in total. The zero-order valence-corrected chi connectivity index (χ0v) is 26.9. The number of rotatable bonds is 7. The van der Waals surface area contributed by atoms with Crippen LogP contribution in [0.3, 0.4) is 0 Å². The summed E-state index contributed by atoms with van der Waals surface area (Å²) >= 11 is 0. The summed E-state index contributed by atoms with van der Waals surface area (Å²) < 4.78 is 0. The van der Waals surface area contributed by atoms with E-state index in [1.54, 1.807) is 0 Å². The molecule has 6 rings (SSSR count). The Labute approximate surface area is 260 Å². The molecule has 1 aliphatic heterocycles. The van der Waals surface area contributed by atoms with Crippen LogP contribution in [0.5, 0.6) is 0 Å². The van der Waals surface area contributed by atoms with Crippen molar-refractivity contribution < 1.29 is 0 Å². The van der Waals surface area contributed by atoms with E-state index in [1.165, 1.54) is 50.3 Å². The van der Waals surface area contributed by atoms with Crippen molar-refractivity contribution in [2.45, 2.75) is 39.0 Å². The molecular formula is C40H49N3. The van der Waals surface area contributed by atoms with Gasteiger partial charge in [0.05, 0.1) is 0 Å². The van der Waals surface area contributed by atoms with Crippen LogP contribution < -0.4 is 4.90 Å². The highest BCUT2D eigenvalue weighted by molar-refractivity contribution is 5.84. The second kappa shape index (κ2) is 14.7. The fourth-order valence-electron chi connectivity index (χ4n) is 6.66. The molecule has 0 fully saturated rings. The van der Waals surface area contributed by atoms with Crippen molar-refractivity contribution >= 4 is 16.9 Å². The Morgan fingerprint density at radius 3 is 1.53 bits per heavy atom. The average molecular weight is 572 g/mol. The van der Waals surface area contributed by atoms with Crippen molar-refractivity contribution in [3.8, 4) is 0 Å². The Morgan fingerprint density at radius 2 is 1.05 bits per heavy atom. The molecule has 224 valence electrons. The van der Waals surface area contributed by atoms with Gasteiger partial charge in [-0.1, -0.05) is 97.9 Å². The number of benzene rings is 4. The van der Waals surface area contributed by atoms with Gasteiger partial charge in [0.15, 0.2) is 0 Å². The molecule has 4 aromatic carbocycles. The van der Waals surface area contributed by atoms with E-state index >= 15 is 0 Å². The molecule has 0 radical (unpaired) electrons. The number of fused-ring (bicyclic) bond motifs is 4. The average Bonchev–Trinajstić information content (AvgIpc) is 3.26. The van der Waals surface area contributed by atoms with Gasteiger partial charge >= 0.3 is 0 Å². The van der Waals surface area contributed by atoms with Gasteiger partial charge in [0.2, 0.25) is 0 Å². The van der Waals surface area contributed by atoms with Crippen LogP contribution in [0.15, 0.2) is 103 Å². The number of anilines is 2. The van der Waals surface area contributed by atoms with Crippen molar-refractivity contribution in [3.05, 3.63) is 137 Å². The molecule has 1 atom stereocenters. The molecule has 0 aromatic heterocycles. The monoisotopic (exact) mass is 571 g/mol. The van der Waals surface area contributed by atoms with Gasteiger partial charge < -0.3 is 14.7 Å². The zero-order chi connectivity index (χ0) is 30.2. The summed E-state index contributed by atoms with van der Waals surface area (Å²) in [5.41, 5.74) is 12.9. The molecule has 2 aliphatic rings. The van der Waals surface area contributed by atoms with Crippen molar-refractivity contribution in [3.63, 3.8) is 0 Å². The summed E-state index contributed by atoms with van der Waals surface area (Å²) in [6.45, 7) is 5.61. The first-order valence-corrected chi connectivity index (χ1v) is 16.0. The molecule has 0 amide bonds. The summed E-state index contributed by atoms with van der Waals surface area (Å²) in [7, 11) is 8.57. The Balaban J connectivity index is 0.000000171. The predicted molar refractivity (Wildman–Crippen MR) is 186 cm³/mol. The highest BCUT2D eigenvalue weighted by atomic mass is 15.2. The number of hydrogen-bond donors (Lipinski definition) is 0. The van der Waals surface area contributed by atoms with E-state index in [4.69, 9.17) is 0 Å². The largest absolute Gasteiger partial charge is 0.341 e. The second-order valence-electron chi connectivity index (χ2n) is 12.8. The molecule has 1 unspecified atom stereocenters. The van der Waals surface area contributed by atoms with Crippen molar-refractivity contribution in [1.29, 1.82) is 0 Å². The number of aryl methyl sites for hydroxylation is 4. The Morgan fingerprint density at radius 1 is 0.605 bits per heavy atom. The standard InChI is InChI=1S/C20H26N2.C20H23N/c1-16(14-21(2)3)15-22-19-10-6-4-8-17(19)12-13-18-9-5-7-11-20(18)22;1-21(2)15-7-12-20-18-10-5-3-8-16(18)13-14-17-9-4-6-11-19(17)20/h4-11,16H,12-15H2,1-3H3;3-6,8-12H,7,13-15H2,1-2H3. The quantitative estimate of drug-likeness (QED) is 0.221. The highest BCUT2D eigenvalue weighted by Gasteiger charge is 2.22. The van der Waals surface area contributed by atoms with Crippen molar-refractivity contribution in [2.75, 3.05) is 52.7 Å². The predicted octanol–water partition coefficient (Wildman–Crippen LogP) is 8.29. The third kappa shape index (κ3) is 7.84. The SMILES string of the molecule is CC(CN(C)C)CN1c2ccccc2CCc2ccccc21.CN(C)CCC=C1c2ccccc2CCc2ccccc21. The lowest BCUT2D eigenvalue weighted by Gasteiger charge is -2.30. The molecule has 0 spiro atoms. The minimum absolute atomic E-state index is 0.620. The summed E-state index contributed by atoms with van der Waals surface area (Å²) in [6.07, 6.45) is 8.04. The van der Waals surface area contributed by atoms with Gasteiger partial charge in [-0.2, -0.15) is 0 Å². The molecule has 4 aromatic rings. The third-order valence-corrected chi connectivity index (χ3v) is 8.60. The lowest BCUT2D eigenvalue weighted by atomic mass is 9.93. The van der Waals surface area contributed by atoms with Gasteiger partial charge in [-0.15, -0.1) is 0 Å². The molecule has 1 aliphatic carbocycles. The van der Waals surface area contributed by atoms with Crippen molar-refractivity contribution in [1.82, 2.24) is 9.80 Å². The van der Waals surface area contributed by atoms with E-state index in [1.807, 2.05) is 0 Å². The summed E-state index contributed by atoms with van der Waals surface area (Å²) in [5.74, 6) is 0.620. The van der Waals surface area contributed by atoms with Crippen LogP contribution in [0.4, 0.5) is 11.4 Å². The Kier molecular flexibility index (Phi) is 10.5. The number of para-hydroxylation sites is 2. The third-order valence-electron chi connectivity index (χ3n) is 8.60. The first-order valence-electron chi connectivity index (χ1n) is 16.0. The Bertz CT molecular complexity index is 1420. The fraction of sp³-hybridized carbons (Fsp3) is 0.350. The molecule has 0 N–H and O–H groups in total. The van der Waals surface area contributed by atoms with Crippen LogP contribution in [0.25, 0.3) is 5.57 Å². The number of nitrogens with zero attached hydrogens (tertiary/aromatic N) is 3. The van der Waals surface area contributed by atoms with Gasteiger partial charge in [-0.25, -0.2) is 0 Å². The first-order chi connectivity index (χ1) is 20.9. The highest BCUT2D eigenvalue weighted by Crippen LogP contribution is 2.36. The van der Waals surface area contributed by atoms with E-state index in [0.29, 0.717) is 5.92 Å². The molecule has 0 saturated carbocycles. The maximum atomic E-state index is 2.53. The maximum Gasteiger partial charge on any atom is 0.0443 e. The van der Waals surface area contributed by atoms with E-state index in [2.05, 4.69) is 153 Å². The summed E-state index contributed by atoms with van der Waals surface area (Å²) in [6, 6.07) is 35.5. The van der Waals surface area contributed by atoms with Gasteiger partial charge in [0.1, 0.15) is 0 Å². The summed E-state index contributed by atoms with van der Waals surface area (Å²) in [4.78, 5) is 7.05. The van der Waals surface area contributed by atoms with Crippen LogP contribution in [0.2, 0.25) is 0 Å². The van der Waals surface area contributed by atoms with Gasteiger partial charge in [-0.05, 0) is 117 Å². The van der Waals surface area contributed by atoms with Crippen LogP contribution >= 0.6 is 0 Å². The minimum atomic E-state index is 0.620. The Hall–Kier alpha value is -3.66. The fourth-order valence-corrected chi connectivity index (χ4v) is 6.66. The summed E-state index contributed by atoms with van der Waals surface area (Å²) in [5, 5.41) is 0. The zero-order valence-electron chi connectivity index (χ0n) is 26.9. The lowest BCUT2D eigenvalue weighted by molar-refractivity contribution is 0.343. The van der Waals surface area contributed by atoms with Crippen LogP contribution in [0, 0.1) is 5.92 Å². The van der Waals surface area contributed by atoms with E-state index in [9.17, 15) is 0 Å². The van der Waals surface area contributed by atoms with E-state index < -0.39 is 0 Å². The number of hydrogen-bond acceptors (Lipinski definition) is 3. The normalized spacial score (nSPS) is 14.4. The molecule has 0 bridgehead atoms. The minimum Gasteiger partial charge on any atom is -0.341 e. The van der Waals surface area contributed by atoms with Crippen molar-refractivity contribution in [2.24, 2.45) is 5.92 Å². The topological polar surface area (TPSA) is 9.72 Å². The van der Waals surface area contributed by atoms with E-state index in [0.717, 1.165) is 51.7 Å². The lowest BCUT2D eigenvalue weighted by Crippen LogP contribution is -2.30. The second-order valence-corrected chi connectivity index (χ2v) is 12.8. The molecule has 3 heteroatoms. The van der Waals surface area contributed by atoms with Crippen LogP contribution in [0.1, 0.15) is 46.7 Å². The first kappa shape index (κ1) is 30.8. The van der Waals surface area contributed by atoms with Gasteiger partial charge in [-0.3, -0.25) is 0 Å². The molecule has 0 saturated heterocycles. The van der Waals surface area contributed by atoms with Crippen LogP contribution in [-0.2, 0) is 25.7 Å². The smallest absolute Gasteiger partial charge is 0.0443 e. The molecular weight excluding hydrogens is 522 g/mol. The maximum absolute atomic E-state index is 2.53. The van der Waals surface area contributed by atoms with Crippen LogP contribution in [-0.4, -0.2) is 57.6 Å². The van der Waals surface area contributed by atoms with E-state index in [-0.39, 0.29) is 0 Å².